The molecule has 0 saturated heterocycles. The highest BCUT2D eigenvalue weighted by atomic mass is 32.1. The van der Waals surface area contributed by atoms with Crippen LogP contribution >= 0.6 is 11.3 Å². The molecular formula is C15H17FN2O2S. The van der Waals surface area contributed by atoms with Crippen LogP contribution in [0.5, 0.6) is 0 Å². The van der Waals surface area contributed by atoms with Gasteiger partial charge >= 0.3 is 5.97 Å². The number of hydrogen-bond acceptors (Lipinski definition) is 5. The van der Waals surface area contributed by atoms with Crippen LogP contribution in [0.2, 0.25) is 0 Å². The minimum atomic E-state index is -0.574. The first kappa shape index (κ1) is 15.4. The number of nitrogens with zero attached hydrogens (tertiary/aromatic N) is 1. The maximum Gasteiger partial charge on any atom is 0.340 e. The van der Waals surface area contributed by atoms with E-state index < -0.39 is 11.8 Å². The number of rotatable bonds is 4. The van der Waals surface area contributed by atoms with Crippen molar-refractivity contribution in [3.63, 3.8) is 0 Å². The number of hydrogen-bond donors (Lipinski definition) is 1. The fourth-order valence-corrected chi connectivity index (χ4v) is 3.08. The number of halogens is 1. The fourth-order valence-electron chi connectivity index (χ4n) is 2.17. The number of anilines is 1. The Morgan fingerprint density at radius 2 is 2.14 bits per heavy atom. The highest BCUT2D eigenvalue weighted by molar-refractivity contribution is 7.11. The van der Waals surface area contributed by atoms with Gasteiger partial charge in [0.2, 0.25) is 0 Å². The molecular weight excluding hydrogens is 291 g/mol. The van der Waals surface area contributed by atoms with Crippen LogP contribution in [0.3, 0.4) is 0 Å². The minimum Gasteiger partial charge on any atom is -0.465 e. The Bertz CT molecular complexity index is 670. The Hall–Kier alpha value is -1.95. The molecule has 1 N–H and O–H groups in total. The summed E-state index contributed by atoms with van der Waals surface area (Å²) < 4.78 is 18.0. The molecule has 0 spiro atoms. The number of aryl methyl sites for hydroxylation is 2. The van der Waals surface area contributed by atoms with Gasteiger partial charge in [-0.1, -0.05) is 0 Å². The van der Waals surface area contributed by atoms with Gasteiger partial charge in [0.1, 0.15) is 5.82 Å². The molecule has 0 amide bonds. The van der Waals surface area contributed by atoms with E-state index in [2.05, 4.69) is 15.0 Å². The van der Waals surface area contributed by atoms with Crippen molar-refractivity contribution in [2.45, 2.75) is 26.8 Å². The molecule has 6 heteroatoms. The monoisotopic (exact) mass is 308 g/mol. The van der Waals surface area contributed by atoms with Gasteiger partial charge in [-0.05, 0) is 39.0 Å². The molecule has 1 aromatic heterocycles. The summed E-state index contributed by atoms with van der Waals surface area (Å²) in [5.41, 5.74) is 1.63. The maximum atomic E-state index is 13.3. The predicted octanol–water partition coefficient (Wildman–Crippen LogP) is 3.86. The van der Waals surface area contributed by atoms with Gasteiger partial charge < -0.3 is 10.1 Å². The van der Waals surface area contributed by atoms with Gasteiger partial charge in [0, 0.05) is 10.6 Å². The number of nitrogens with one attached hydrogen (secondary N) is 1. The second-order valence-corrected chi connectivity index (χ2v) is 6.13. The normalized spacial score (nSPS) is 12.0. The topological polar surface area (TPSA) is 51.2 Å². The third-order valence-electron chi connectivity index (χ3n) is 3.11. The van der Waals surface area contributed by atoms with Gasteiger partial charge in [0.05, 0.1) is 29.4 Å². The highest BCUT2D eigenvalue weighted by Crippen LogP contribution is 2.27. The number of methoxy groups -OCH3 is 1. The second-order valence-electron chi connectivity index (χ2n) is 4.72. The number of esters is 1. The number of carbonyl (C=O) groups excluding carboxylic acids is 1. The predicted molar refractivity (Wildman–Crippen MR) is 81.4 cm³/mol. The summed E-state index contributed by atoms with van der Waals surface area (Å²) in [5.74, 6) is -1.05. The van der Waals surface area contributed by atoms with Gasteiger partial charge in [-0.15, -0.1) is 11.3 Å². The molecule has 0 aliphatic carbocycles. The average Bonchev–Trinajstić information content (AvgIpc) is 2.78. The third kappa shape index (κ3) is 3.39. The van der Waals surface area contributed by atoms with Crippen molar-refractivity contribution in [2.24, 2.45) is 0 Å². The van der Waals surface area contributed by atoms with Crippen molar-refractivity contribution >= 4 is 23.0 Å². The van der Waals surface area contributed by atoms with Crippen LogP contribution in [-0.4, -0.2) is 18.1 Å². The van der Waals surface area contributed by atoms with Crippen molar-refractivity contribution in [1.29, 1.82) is 0 Å². The van der Waals surface area contributed by atoms with Crippen molar-refractivity contribution in [2.75, 3.05) is 12.4 Å². The molecule has 21 heavy (non-hydrogen) atoms. The lowest BCUT2D eigenvalue weighted by atomic mass is 10.1. The molecule has 1 heterocycles. The first-order chi connectivity index (χ1) is 9.92. The van der Waals surface area contributed by atoms with Gasteiger partial charge in [-0.2, -0.15) is 0 Å². The summed E-state index contributed by atoms with van der Waals surface area (Å²) in [7, 11) is 1.27. The minimum absolute atomic E-state index is 0.0937. The molecule has 0 fully saturated rings. The molecule has 112 valence electrons. The number of aromatic nitrogens is 1. The standard InChI is InChI=1S/C15H17FN2O2S/c1-8(14-9(2)21-10(3)18-14)17-13-6-5-11(16)7-12(13)15(19)20-4/h5-8,17H,1-4H3. The zero-order valence-corrected chi connectivity index (χ0v) is 13.2. The zero-order valence-electron chi connectivity index (χ0n) is 12.4. The molecule has 1 unspecified atom stereocenters. The second kappa shape index (κ2) is 6.22. The zero-order chi connectivity index (χ0) is 15.6. The summed E-state index contributed by atoms with van der Waals surface area (Å²) in [6, 6.07) is 3.91. The number of benzene rings is 1. The molecule has 0 aliphatic rings. The summed E-state index contributed by atoms with van der Waals surface area (Å²) in [6.45, 7) is 5.90. The third-order valence-corrected chi connectivity index (χ3v) is 4.01. The smallest absolute Gasteiger partial charge is 0.340 e. The largest absolute Gasteiger partial charge is 0.465 e. The Morgan fingerprint density at radius 3 is 2.71 bits per heavy atom. The number of carbonyl (C=O) groups is 1. The van der Waals surface area contributed by atoms with E-state index in [0.717, 1.165) is 15.6 Å². The van der Waals surface area contributed by atoms with Gasteiger partial charge in [-0.3, -0.25) is 0 Å². The first-order valence-corrected chi connectivity index (χ1v) is 7.32. The maximum absolute atomic E-state index is 13.3. The van der Waals surface area contributed by atoms with E-state index in [-0.39, 0.29) is 11.6 Å². The summed E-state index contributed by atoms with van der Waals surface area (Å²) in [6.07, 6.45) is 0. The Balaban J connectivity index is 2.31. The van der Waals surface area contributed by atoms with Crippen LogP contribution in [0.15, 0.2) is 18.2 Å². The van der Waals surface area contributed by atoms with Crippen LogP contribution in [0, 0.1) is 19.7 Å². The van der Waals surface area contributed by atoms with E-state index in [9.17, 15) is 9.18 Å². The molecule has 2 aromatic rings. The van der Waals surface area contributed by atoms with E-state index in [1.54, 1.807) is 11.3 Å². The summed E-state index contributed by atoms with van der Waals surface area (Å²) >= 11 is 1.62. The molecule has 1 atom stereocenters. The first-order valence-electron chi connectivity index (χ1n) is 6.50. The van der Waals surface area contributed by atoms with Gasteiger partial charge in [0.15, 0.2) is 0 Å². The molecule has 1 aromatic carbocycles. The van der Waals surface area contributed by atoms with Crippen molar-refractivity contribution in [1.82, 2.24) is 4.98 Å². The molecule has 2 rings (SSSR count). The van der Waals surface area contributed by atoms with Crippen LogP contribution in [-0.2, 0) is 4.74 Å². The van der Waals surface area contributed by atoms with Gasteiger partial charge in [0.25, 0.3) is 0 Å². The van der Waals surface area contributed by atoms with Crippen LogP contribution in [0.25, 0.3) is 0 Å². The van der Waals surface area contributed by atoms with Gasteiger partial charge in [-0.25, -0.2) is 14.2 Å². The number of thiazole rings is 1. The average molecular weight is 308 g/mol. The molecule has 0 bridgehead atoms. The van der Waals surface area contributed by atoms with E-state index in [4.69, 9.17) is 0 Å². The van der Waals surface area contributed by atoms with Crippen LogP contribution in [0.4, 0.5) is 10.1 Å². The van der Waals surface area contributed by atoms with Crippen molar-refractivity contribution in [3.05, 3.63) is 45.2 Å². The molecule has 0 radical (unpaired) electrons. The van der Waals surface area contributed by atoms with E-state index in [1.807, 2.05) is 20.8 Å². The lowest BCUT2D eigenvalue weighted by Crippen LogP contribution is -2.13. The number of ether oxygens (including phenoxy) is 1. The van der Waals surface area contributed by atoms with Crippen LogP contribution < -0.4 is 5.32 Å². The fraction of sp³-hybridized carbons (Fsp3) is 0.333. The summed E-state index contributed by atoms with van der Waals surface area (Å²) in [4.78, 5) is 17.3. The SMILES string of the molecule is COC(=O)c1cc(F)ccc1NC(C)c1nc(C)sc1C. The van der Waals surface area contributed by atoms with E-state index >= 15 is 0 Å². The molecule has 0 aliphatic heterocycles. The van der Waals surface area contributed by atoms with Crippen molar-refractivity contribution in [3.8, 4) is 0 Å². The van der Waals surface area contributed by atoms with Crippen molar-refractivity contribution < 1.29 is 13.9 Å². The summed E-state index contributed by atoms with van der Waals surface area (Å²) in [5, 5.41) is 4.19. The van der Waals surface area contributed by atoms with Crippen LogP contribution in [0.1, 0.15) is 38.9 Å². The lowest BCUT2D eigenvalue weighted by Gasteiger charge is -2.16. The Morgan fingerprint density at radius 1 is 1.43 bits per heavy atom. The van der Waals surface area contributed by atoms with E-state index in [1.165, 1.54) is 25.3 Å². The lowest BCUT2D eigenvalue weighted by molar-refractivity contribution is 0.0601. The Kier molecular flexibility index (Phi) is 4.57. The molecule has 0 saturated carbocycles. The Labute approximate surface area is 127 Å². The van der Waals surface area contributed by atoms with E-state index in [0.29, 0.717) is 5.69 Å². The highest BCUT2D eigenvalue weighted by Gasteiger charge is 2.18. The quantitative estimate of drug-likeness (QED) is 0.871. The molecule has 4 nitrogen and oxygen atoms in total.